The summed E-state index contributed by atoms with van der Waals surface area (Å²) in [5.74, 6) is 0. The fraction of sp³-hybridized carbons (Fsp3) is 0.0769. The van der Waals surface area contributed by atoms with Gasteiger partial charge in [0.2, 0.25) is 0 Å². The molecule has 6 heteroatoms. The molecule has 0 aliphatic rings. The number of nitro benzene ring substituents is 1. The number of para-hydroxylation sites is 1. The van der Waals surface area contributed by atoms with Gasteiger partial charge in [0, 0.05) is 22.0 Å². The molecule has 4 nitrogen and oxygen atoms in total. The number of halogens is 1. The summed E-state index contributed by atoms with van der Waals surface area (Å²) >= 11 is 4.82. The van der Waals surface area contributed by atoms with E-state index in [1.54, 1.807) is 18.2 Å². The van der Waals surface area contributed by atoms with Crippen molar-refractivity contribution in [3.8, 4) is 0 Å². The first-order chi connectivity index (χ1) is 9.11. The zero-order valence-electron chi connectivity index (χ0n) is 9.88. The lowest BCUT2D eigenvalue weighted by atomic mass is 10.2. The van der Waals surface area contributed by atoms with Crippen LogP contribution in [0.1, 0.15) is 5.56 Å². The summed E-state index contributed by atoms with van der Waals surface area (Å²) in [5.41, 5.74) is 6.69. The first kappa shape index (κ1) is 14.0. The summed E-state index contributed by atoms with van der Waals surface area (Å²) in [5, 5.41) is 11.0. The van der Waals surface area contributed by atoms with Crippen LogP contribution in [-0.2, 0) is 6.54 Å². The molecule has 0 atom stereocenters. The summed E-state index contributed by atoms with van der Waals surface area (Å²) < 4.78 is 0.888. The minimum Gasteiger partial charge on any atom is -0.326 e. The van der Waals surface area contributed by atoms with Gasteiger partial charge in [0.25, 0.3) is 5.69 Å². The number of benzene rings is 2. The molecule has 0 saturated carbocycles. The Labute approximate surface area is 123 Å². The van der Waals surface area contributed by atoms with Crippen LogP contribution in [0.15, 0.2) is 56.7 Å². The van der Waals surface area contributed by atoms with Gasteiger partial charge in [-0.3, -0.25) is 10.1 Å². The molecule has 2 N–H and O–H groups in total. The summed E-state index contributed by atoms with van der Waals surface area (Å²) in [6, 6.07) is 12.5. The Morgan fingerprint density at radius 2 is 1.95 bits per heavy atom. The smallest absolute Gasteiger partial charge is 0.283 e. The minimum atomic E-state index is -0.371. The number of nitro groups is 1. The zero-order chi connectivity index (χ0) is 13.8. The van der Waals surface area contributed by atoms with Gasteiger partial charge in [-0.25, -0.2) is 0 Å². The maximum Gasteiger partial charge on any atom is 0.283 e. The molecule has 0 bridgehead atoms. The monoisotopic (exact) mass is 338 g/mol. The van der Waals surface area contributed by atoms with Gasteiger partial charge < -0.3 is 5.73 Å². The van der Waals surface area contributed by atoms with Crippen molar-refractivity contribution in [2.75, 3.05) is 0 Å². The van der Waals surface area contributed by atoms with Crippen molar-refractivity contribution >= 4 is 33.4 Å². The summed E-state index contributed by atoms with van der Waals surface area (Å²) in [4.78, 5) is 12.1. The molecule has 0 aliphatic heterocycles. The molecule has 0 saturated heterocycles. The van der Waals surface area contributed by atoms with Crippen LogP contribution >= 0.6 is 27.7 Å². The molecule has 19 heavy (non-hydrogen) atoms. The van der Waals surface area contributed by atoms with Gasteiger partial charge >= 0.3 is 0 Å². The molecule has 98 valence electrons. The van der Waals surface area contributed by atoms with Crippen LogP contribution in [0.25, 0.3) is 0 Å². The van der Waals surface area contributed by atoms with E-state index in [1.165, 1.54) is 17.8 Å². The lowest BCUT2D eigenvalue weighted by Gasteiger charge is -2.06. The van der Waals surface area contributed by atoms with Crippen LogP contribution in [0.4, 0.5) is 5.69 Å². The van der Waals surface area contributed by atoms with Gasteiger partial charge in [-0.1, -0.05) is 30.0 Å². The molecule has 0 heterocycles. The Bertz CT molecular complexity index is 619. The maximum atomic E-state index is 11.0. The van der Waals surface area contributed by atoms with E-state index in [4.69, 9.17) is 5.73 Å². The van der Waals surface area contributed by atoms with E-state index in [0.717, 1.165) is 14.9 Å². The van der Waals surface area contributed by atoms with Gasteiger partial charge in [0.1, 0.15) is 0 Å². The van der Waals surface area contributed by atoms with Crippen LogP contribution in [0.5, 0.6) is 0 Å². The number of nitrogens with zero attached hydrogens (tertiary/aromatic N) is 1. The Hall–Kier alpha value is -1.37. The van der Waals surface area contributed by atoms with Crippen LogP contribution in [0.3, 0.4) is 0 Å². The van der Waals surface area contributed by atoms with Gasteiger partial charge in [-0.05, 0) is 39.7 Å². The van der Waals surface area contributed by atoms with E-state index in [9.17, 15) is 10.1 Å². The van der Waals surface area contributed by atoms with E-state index >= 15 is 0 Å². The normalized spacial score (nSPS) is 10.4. The van der Waals surface area contributed by atoms with E-state index in [2.05, 4.69) is 15.9 Å². The SMILES string of the molecule is NCc1ccc(Sc2ccccc2[N+](=O)[O-])c(Br)c1. The molecule has 0 fully saturated rings. The first-order valence-electron chi connectivity index (χ1n) is 5.51. The molecule has 0 amide bonds. The fourth-order valence-electron chi connectivity index (χ4n) is 1.57. The maximum absolute atomic E-state index is 11.0. The van der Waals surface area contributed by atoms with Gasteiger partial charge in [0.15, 0.2) is 0 Å². The highest BCUT2D eigenvalue weighted by atomic mass is 79.9. The summed E-state index contributed by atoms with van der Waals surface area (Å²) in [6.07, 6.45) is 0. The average Bonchev–Trinajstić information content (AvgIpc) is 2.41. The Balaban J connectivity index is 2.34. The highest BCUT2D eigenvalue weighted by Gasteiger charge is 2.14. The first-order valence-corrected chi connectivity index (χ1v) is 7.12. The number of hydrogen-bond donors (Lipinski definition) is 1. The van der Waals surface area contributed by atoms with Crippen molar-refractivity contribution in [2.24, 2.45) is 5.73 Å². The third-order valence-electron chi connectivity index (χ3n) is 2.51. The Kier molecular flexibility index (Phi) is 4.57. The molecular formula is C13H11BrN2O2S. The topological polar surface area (TPSA) is 69.2 Å². The molecule has 0 aliphatic carbocycles. The van der Waals surface area contributed by atoms with Gasteiger partial charge in [-0.15, -0.1) is 0 Å². The molecule has 0 spiro atoms. The quantitative estimate of drug-likeness (QED) is 0.676. The van der Waals surface area contributed by atoms with Crippen molar-refractivity contribution < 1.29 is 4.92 Å². The molecule has 0 aromatic heterocycles. The van der Waals surface area contributed by atoms with Crippen LogP contribution in [-0.4, -0.2) is 4.92 Å². The molecular weight excluding hydrogens is 328 g/mol. The van der Waals surface area contributed by atoms with Gasteiger partial charge in [0.05, 0.1) is 9.82 Å². The molecule has 0 unspecified atom stereocenters. The highest BCUT2D eigenvalue weighted by Crippen LogP contribution is 2.38. The Morgan fingerprint density at radius 1 is 1.21 bits per heavy atom. The zero-order valence-corrected chi connectivity index (χ0v) is 12.3. The standard InChI is InChI=1S/C13H11BrN2O2S/c14-10-7-9(8-15)5-6-12(10)19-13-4-2-1-3-11(13)16(17)18/h1-7H,8,15H2. The second kappa shape index (κ2) is 6.18. The number of hydrogen-bond acceptors (Lipinski definition) is 4. The largest absolute Gasteiger partial charge is 0.326 e. The third-order valence-corrected chi connectivity index (χ3v) is 4.57. The highest BCUT2D eigenvalue weighted by molar-refractivity contribution is 9.10. The van der Waals surface area contributed by atoms with Crippen molar-refractivity contribution in [3.63, 3.8) is 0 Å². The van der Waals surface area contributed by atoms with Crippen molar-refractivity contribution in [1.82, 2.24) is 0 Å². The molecule has 2 aromatic carbocycles. The summed E-state index contributed by atoms with van der Waals surface area (Å²) in [6.45, 7) is 0.467. The van der Waals surface area contributed by atoms with Crippen molar-refractivity contribution in [2.45, 2.75) is 16.3 Å². The average molecular weight is 339 g/mol. The fourth-order valence-corrected chi connectivity index (χ4v) is 3.16. The number of nitrogens with two attached hydrogens (primary N) is 1. The number of rotatable bonds is 4. The molecule has 2 aromatic rings. The lowest BCUT2D eigenvalue weighted by molar-refractivity contribution is -0.387. The van der Waals surface area contributed by atoms with Crippen LogP contribution in [0.2, 0.25) is 0 Å². The second-order valence-electron chi connectivity index (χ2n) is 3.80. The van der Waals surface area contributed by atoms with E-state index in [0.29, 0.717) is 11.4 Å². The van der Waals surface area contributed by atoms with E-state index in [-0.39, 0.29) is 10.6 Å². The summed E-state index contributed by atoms with van der Waals surface area (Å²) in [7, 11) is 0. The van der Waals surface area contributed by atoms with Crippen molar-refractivity contribution in [1.29, 1.82) is 0 Å². The predicted molar refractivity (Wildman–Crippen MR) is 79.3 cm³/mol. The van der Waals surface area contributed by atoms with E-state index < -0.39 is 0 Å². The van der Waals surface area contributed by atoms with Crippen LogP contribution in [0, 0.1) is 10.1 Å². The lowest BCUT2D eigenvalue weighted by Crippen LogP contribution is -1.96. The third kappa shape index (κ3) is 3.34. The van der Waals surface area contributed by atoms with Crippen LogP contribution < -0.4 is 5.73 Å². The van der Waals surface area contributed by atoms with Crippen molar-refractivity contribution in [3.05, 3.63) is 62.6 Å². The molecule has 0 radical (unpaired) electrons. The van der Waals surface area contributed by atoms with Gasteiger partial charge in [-0.2, -0.15) is 0 Å². The Morgan fingerprint density at radius 3 is 2.58 bits per heavy atom. The minimum absolute atomic E-state index is 0.113. The second-order valence-corrected chi connectivity index (χ2v) is 5.73. The molecule has 2 rings (SSSR count). The van der Waals surface area contributed by atoms with E-state index in [1.807, 2.05) is 18.2 Å². The predicted octanol–water partition coefficient (Wildman–Crippen LogP) is 3.97.